The van der Waals surface area contributed by atoms with Gasteiger partial charge < -0.3 is 19.2 Å². The molecule has 1 aromatic heterocycles. The number of hydrogen-bond donors (Lipinski definition) is 0. The fraction of sp³-hybridized carbons (Fsp3) is 0.632. The molecule has 3 atom stereocenters. The second-order valence-electron chi connectivity index (χ2n) is 7.89. The molecule has 6 heteroatoms. The smallest absolute Gasteiger partial charge is 0.410 e. The lowest BCUT2D eigenvalue weighted by Crippen LogP contribution is -2.55. The molecule has 0 unspecified atom stereocenters. The van der Waals surface area contributed by atoms with Crippen molar-refractivity contribution in [2.75, 3.05) is 13.2 Å². The summed E-state index contributed by atoms with van der Waals surface area (Å²) in [7, 11) is 0. The molecule has 0 bridgehead atoms. The van der Waals surface area contributed by atoms with Crippen LogP contribution in [0.2, 0.25) is 0 Å². The van der Waals surface area contributed by atoms with Crippen LogP contribution in [-0.2, 0) is 9.53 Å². The summed E-state index contributed by atoms with van der Waals surface area (Å²) in [6, 6.07) is 2.04. The number of aldehydes is 1. The van der Waals surface area contributed by atoms with E-state index >= 15 is 0 Å². The molecule has 1 aliphatic carbocycles. The van der Waals surface area contributed by atoms with Crippen LogP contribution in [0.25, 0.3) is 0 Å². The van der Waals surface area contributed by atoms with E-state index in [1.807, 2.05) is 33.0 Å². The molecule has 136 valence electrons. The summed E-state index contributed by atoms with van der Waals surface area (Å²) in [5, 5.41) is 0. The molecule has 0 N–H and O–H groups in total. The molecule has 6 nitrogen and oxygen atoms in total. The Labute approximate surface area is 148 Å². The number of amides is 1. The van der Waals surface area contributed by atoms with E-state index in [-0.39, 0.29) is 12.1 Å². The van der Waals surface area contributed by atoms with Gasteiger partial charge in [-0.15, -0.1) is 0 Å². The standard InChI is InChI=1S/C19H26N2O4/c1-19(2,3)25-18(23)21-6-4-15(21)12-24-16-8-14(10-20-11-16)17-9-13(17)5-7-22/h7-8,10-11,13,15,17H,4-6,9,12H2,1-3H3/t13-,15+,17+/m1/s1. The van der Waals surface area contributed by atoms with Crippen molar-refractivity contribution >= 4 is 12.4 Å². The largest absolute Gasteiger partial charge is 0.490 e. The molecule has 25 heavy (non-hydrogen) atoms. The molecule has 2 aliphatic rings. The van der Waals surface area contributed by atoms with Gasteiger partial charge in [-0.25, -0.2) is 4.79 Å². The third-order valence-electron chi connectivity index (χ3n) is 4.70. The van der Waals surface area contributed by atoms with Crippen LogP contribution in [0.4, 0.5) is 4.79 Å². The Balaban J connectivity index is 1.51. The zero-order chi connectivity index (χ0) is 18.0. The maximum absolute atomic E-state index is 12.1. The first-order valence-electron chi connectivity index (χ1n) is 8.88. The van der Waals surface area contributed by atoms with Crippen LogP contribution in [0.3, 0.4) is 0 Å². The van der Waals surface area contributed by atoms with Gasteiger partial charge in [0.2, 0.25) is 0 Å². The predicted molar refractivity (Wildman–Crippen MR) is 92.6 cm³/mol. The Kier molecular flexibility index (Phi) is 4.97. The van der Waals surface area contributed by atoms with Crippen molar-refractivity contribution in [2.24, 2.45) is 5.92 Å². The van der Waals surface area contributed by atoms with Gasteiger partial charge in [-0.3, -0.25) is 4.98 Å². The lowest BCUT2D eigenvalue weighted by molar-refractivity contribution is -0.108. The molecule has 2 fully saturated rings. The minimum Gasteiger partial charge on any atom is -0.490 e. The van der Waals surface area contributed by atoms with Crippen molar-refractivity contribution in [1.29, 1.82) is 0 Å². The number of carbonyl (C=O) groups is 2. The van der Waals surface area contributed by atoms with Crippen LogP contribution in [0.1, 0.15) is 51.5 Å². The number of nitrogens with zero attached hydrogens (tertiary/aromatic N) is 2. The molecular weight excluding hydrogens is 320 g/mol. The summed E-state index contributed by atoms with van der Waals surface area (Å²) in [6.07, 6.45) is 6.81. The summed E-state index contributed by atoms with van der Waals surface area (Å²) in [6.45, 7) is 6.73. The molecule has 1 saturated heterocycles. The third-order valence-corrected chi connectivity index (χ3v) is 4.70. The highest BCUT2D eigenvalue weighted by Gasteiger charge is 2.38. The van der Waals surface area contributed by atoms with E-state index < -0.39 is 5.60 Å². The highest BCUT2D eigenvalue weighted by molar-refractivity contribution is 5.69. The predicted octanol–water partition coefficient (Wildman–Crippen LogP) is 3.16. The first kappa shape index (κ1) is 17.7. The summed E-state index contributed by atoms with van der Waals surface area (Å²) in [5.41, 5.74) is 0.639. The van der Waals surface area contributed by atoms with E-state index in [1.54, 1.807) is 11.1 Å². The number of carbonyl (C=O) groups excluding carboxylic acids is 2. The van der Waals surface area contributed by atoms with Crippen molar-refractivity contribution in [3.63, 3.8) is 0 Å². The first-order valence-corrected chi connectivity index (χ1v) is 8.88. The van der Waals surface area contributed by atoms with Gasteiger partial charge in [0.15, 0.2) is 0 Å². The molecule has 1 amide bonds. The normalized spacial score (nSPS) is 25.1. The van der Waals surface area contributed by atoms with E-state index in [1.165, 1.54) is 0 Å². The molecule has 0 radical (unpaired) electrons. The van der Waals surface area contributed by atoms with Crippen molar-refractivity contribution in [3.05, 3.63) is 24.0 Å². The zero-order valence-electron chi connectivity index (χ0n) is 15.1. The summed E-state index contributed by atoms with van der Waals surface area (Å²) < 4.78 is 11.3. The second kappa shape index (κ2) is 7.02. The number of likely N-dealkylation sites (tertiary alicyclic amines) is 1. The molecule has 1 aromatic rings. The second-order valence-corrected chi connectivity index (χ2v) is 7.89. The fourth-order valence-electron chi connectivity index (χ4n) is 3.12. The van der Waals surface area contributed by atoms with Crippen LogP contribution in [0, 0.1) is 5.92 Å². The molecule has 1 aliphatic heterocycles. The van der Waals surface area contributed by atoms with E-state index in [4.69, 9.17) is 9.47 Å². The van der Waals surface area contributed by atoms with Gasteiger partial charge in [0.05, 0.1) is 12.2 Å². The Morgan fingerprint density at radius 2 is 2.20 bits per heavy atom. The van der Waals surface area contributed by atoms with Gasteiger partial charge in [0.25, 0.3) is 0 Å². The first-order chi connectivity index (χ1) is 11.9. The van der Waals surface area contributed by atoms with Crippen molar-refractivity contribution in [1.82, 2.24) is 9.88 Å². The third kappa shape index (κ3) is 4.50. The summed E-state index contributed by atoms with van der Waals surface area (Å²) in [4.78, 5) is 28.7. The average molecular weight is 346 g/mol. The van der Waals surface area contributed by atoms with Crippen molar-refractivity contribution in [3.8, 4) is 5.75 Å². The monoisotopic (exact) mass is 346 g/mol. The van der Waals surface area contributed by atoms with Crippen LogP contribution in [-0.4, -0.2) is 47.1 Å². The van der Waals surface area contributed by atoms with Gasteiger partial charge in [-0.05, 0) is 57.1 Å². The minimum absolute atomic E-state index is 0.0437. The molecular formula is C19H26N2O4. The zero-order valence-corrected chi connectivity index (χ0v) is 15.1. The molecule has 2 heterocycles. The molecule has 0 aromatic carbocycles. The maximum Gasteiger partial charge on any atom is 0.410 e. The van der Waals surface area contributed by atoms with E-state index in [2.05, 4.69) is 4.98 Å². The summed E-state index contributed by atoms with van der Waals surface area (Å²) in [5.74, 6) is 1.58. The quantitative estimate of drug-likeness (QED) is 0.740. The van der Waals surface area contributed by atoms with Crippen molar-refractivity contribution < 1.29 is 19.1 Å². The topological polar surface area (TPSA) is 68.7 Å². The highest BCUT2D eigenvalue weighted by Crippen LogP contribution is 2.49. The lowest BCUT2D eigenvalue weighted by atomic mass is 10.1. The van der Waals surface area contributed by atoms with Crippen molar-refractivity contribution in [2.45, 2.75) is 57.6 Å². The summed E-state index contributed by atoms with van der Waals surface area (Å²) >= 11 is 0. The van der Waals surface area contributed by atoms with E-state index in [0.717, 1.165) is 24.7 Å². The van der Waals surface area contributed by atoms with E-state index in [9.17, 15) is 9.59 Å². The average Bonchev–Trinajstić information content (AvgIpc) is 3.24. The van der Waals surface area contributed by atoms with Crippen LogP contribution in [0.5, 0.6) is 5.75 Å². The van der Waals surface area contributed by atoms with Gasteiger partial charge >= 0.3 is 6.09 Å². The van der Waals surface area contributed by atoms with Gasteiger partial charge in [0, 0.05) is 19.2 Å². The SMILES string of the molecule is CC(C)(C)OC(=O)N1CC[C@H]1COc1cncc([C@H]2C[C@H]2CC=O)c1. The van der Waals surface area contributed by atoms with E-state index in [0.29, 0.717) is 37.2 Å². The number of rotatable bonds is 6. The number of pyridine rings is 1. The van der Waals surface area contributed by atoms with Gasteiger partial charge in [-0.1, -0.05) is 0 Å². The molecule has 3 rings (SSSR count). The Morgan fingerprint density at radius 3 is 2.84 bits per heavy atom. The van der Waals surface area contributed by atoms with Gasteiger partial charge in [0.1, 0.15) is 24.2 Å². The maximum atomic E-state index is 12.1. The van der Waals surface area contributed by atoms with Gasteiger partial charge in [-0.2, -0.15) is 0 Å². The Morgan fingerprint density at radius 1 is 1.40 bits per heavy atom. The molecule has 1 saturated carbocycles. The minimum atomic E-state index is -0.487. The Hall–Kier alpha value is -2.11. The molecule has 0 spiro atoms. The fourth-order valence-corrected chi connectivity index (χ4v) is 3.12. The van der Waals surface area contributed by atoms with Crippen LogP contribution in [0.15, 0.2) is 18.5 Å². The van der Waals surface area contributed by atoms with Crippen LogP contribution < -0.4 is 4.74 Å². The lowest BCUT2D eigenvalue weighted by Gasteiger charge is -2.40. The number of hydrogen-bond acceptors (Lipinski definition) is 5. The highest BCUT2D eigenvalue weighted by atomic mass is 16.6. The number of ether oxygens (including phenoxy) is 2. The number of aromatic nitrogens is 1. The Bertz CT molecular complexity index is 641. The van der Waals surface area contributed by atoms with Crippen LogP contribution >= 0.6 is 0 Å².